The lowest BCUT2D eigenvalue weighted by Gasteiger charge is -2.15. The number of amides is 2. The number of nitrogens with one attached hydrogen (secondary N) is 1. The van der Waals surface area contributed by atoms with Gasteiger partial charge in [-0.2, -0.15) is 0 Å². The smallest absolute Gasteiger partial charge is 0.293 e. The second kappa shape index (κ2) is 8.03. The Kier molecular flexibility index (Phi) is 5.51. The van der Waals surface area contributed by atoms with Gasteiger partial charge in [0.05, 0.1) is 11.3 Å². The molecule has 1 aromatic heterocycles. The Morgan fingerprint density at radius 3 is 2.59 bits per heavy atom. The summed E-state index contributed by atoms with van der Waals surface area (Å²) >= 11 is 0. The van der Waals surface area contributed by atoms with Crippen LogP contribution in [0.25, 0.3) is 21.9 Å². The molecule has 0 saturated heterocycles. The maximum Gasteiger partial charge on any atom is 0.293 e. The van der Waals surface area contributed by atoms with E-state index in [9.17, 15) is 9.59 Å². The first-order valence-electron chi connectivity index (χ1n) is 9.24. The summed E-state index contributed by atoms with van der Waals surface area (Å²) < 4.78 is 0. The maximum absolute atomic E-state index is 12.4. The number of benzene rings is 1. The quantitative estimate of drug-likeness (QED) is 0.686. The van der Waals surface area contributed by atoms with Crippen LogP contribution in [0.5, 0.6) is 0 Å². The van der Waals surface area contributed by atoms with E-state index in [0.717, 1.165) is 16.5 Å². The third-order valence-corrected chi connectivity index (χ3v) is 4.57. The van der Waals surface area contributed by atoms with Crippen LogP contribution < -0.4 is 16.8 Å². The molecule has 0 spiro atoms. The lowest BCUT2D eigenvalue weighted by Crippen LogP contribution is -2.17. The first kappa shape index (κ1) is 19.9. The van der Waals surface area contributed by atoms with Crippen molar-refractivity contribution < 1.29 is 9.59 Å². The molecule has 2 amide bonds. The van der Waals surface area contributed by atoms with Crippen molar-refractivity contribution in [2.24, 2.45) is 17.4 Å². The van der Waals surface area contributed by atoms with Gasteiger partial charge >= 0.3 is 0 Å². The highest BCUT2D eigenvalue weighted by molar-refractivity contribution is 6.13. The van der Waals surface area contributed by atoms with Crippen LogP contribution in [-0.4, -0.2) is 23.3 Å². The normalized spacial score (nSPS) is 14.8. The Bertz CT molecular complexity index is 1160. The Morgan fingerprint density at radius 1 is 1.24 bits per heavy atom. The fourth-order valence-electron chi connectivity index (χ4n) is 3.30. The van der Waals surface area contributed by atoms with E-state index in [1.165, 1.54) is 0 Å². The van der Waals surface area contributed by atoms with E-state index in [4.69, 9.17) is 11.5 Å². The molecule has 2 aromatic rings. The molecule has 6 nitrogen and oxygen atoms in total. The van der Waals surface area contributed by atoms with Crippen LogP contribution in [-0.2, 0) is 4.79 Å². The molecule has 1 aliphatic rings. The number of hydrogen-bond donors (Lipinski definition) is 3. The van der Waals surface area contributed by atoms with Gasteiger partial charge in [-0.1, -0.05) is 49.8 Å². The molecule has 0 radical (unpaired) electrons. The Morgan fingerprint density at radius 2 is 2.00 bits per heavy atom. The molecular weight excluding hydrogens is 364 g/mol. The van der Waals surface area contributed by atoms with Crippen molar-refractivity contribution in [3.63, 3.8) is 0 Å². The summed E-state index contributed by atoms with van der Waals surface area (Å²) in [7, 11) is 0. The number of nitrogens with zero attached hydrogens (tertiary/aromatic N) is 1. The van der Waals surface area contributed by atoms with Gasteiger partial charge in [-0.15, -0.1) is 0 Å². The van der Waals surface area contributed by atoms with Crippen molar-refractivity contribution in [2.45, 2.75) is 13.8 Å². The molecule has 0 fully saturated rings. The average Bonchev–Trinajstić information content (AvgIpc) is 3.11. The zero-order chi connectivity index (χ0) is 21.1. The number of hydrogen-bond acceptors (Lipinski definition) is 4. The summed E-state index contributed by atoms with van der Waals surface area (Å²) in [5.74, 6) is 4.28. The molecule has 1 unspecified atom stereocenters. The Hall–Kier alpha value is -3.85. The molecule has 0 aliphatic heterocycles. The highest BCUT2D eigenvalue weighted by Crippen LogP contribution is 2.34. The van der Waals surface area contributed by atoms with Crippen LogP contribution >= 0.6 is 0 Å². The second-order valence-electron chi connectivity index (χ2n) is 6.77. The highest BCUT2D eigenvalue weighted by Gasteiger charge is 2.20. The lowest BCUT2D eigenvalue weighted by atomic mass is 9.95. The van der Waals surface area contributed by atoms with E-state index in [0.29, 0.717) is 23.7 Å². The summed E-state index contributed by atoms with van der Waals surface area (Å²) in [6.45, 7) is 8.53. The number of rotatable bonds is 5. The van der Waals surface area contributed by atoms with Gasteiger partial charge in [-0.3, -0.25) is 9.59 Å². The standard InChI is InChI=1S/C23H22N4O2/c1-4-26-23-17-9-8-16(15-7-5-13(2)11-15)12-18(17)20(22(25)29)21(27-23)14(3)6-10-19(24)28/h5,7-9,11-13H,3-4H2,1-2H3,(H2,24,28)(H2,25,29)(H,26,27). The predicted octanol–water partition coefficient (Wildman–Crippen LogP) is 2.86. The van der Waals surface area contributed by atoms with Gasteiger partial charge in [0.2, 0.25) is 0 Å². The lowest BCUT2D eigenvalue weighted by molar-refractivity contribution is -0.112. The molecule has 3 rings (SSSR count). The summed E-state index contributed by atoms with van der Waals surface area (Å²) in [4.78, 5) is 27.9. The minimum Gasteiger partial charge on any atom is -0.370 e. The van der Waals surface area contributed by atoms with Crippen LogP contribution in [0.1, 0.15) is 35.5 Å². The van der Waals surface area contributed by atoms with E-state index >= 15 is 0 Å². The maximum atomic E-state index is 12.4. The first-order valence-corrected chi connectivity index (χ1v) is 9.24. The number of fused-ring (bicyclic) bond motifs is 1. The van der Waals surface area contributed by atoms with Gasteiger partial charge in [0.25, 0.3) is 11.8 Å². The molecule has 29 heavy (non-hydrogen) atoms. The Balaban J connectivity index is 2.31. The zero-order valence-electron chi connectivity index (χ0n) is 16.4. The van der Waals surface area contributed by atoms with Crippen LogP contribution in [0, 0.1) is 17.8 Å². The monoisotopic (exact) mass is 386 g/mol. The van der Waals surface area contributed by atoms with Crippen LogP contribution in [0.3, 0.4) is 0 Å². The Labute approximate surface area is 169 Å². The van der Waals surface area contributed by atoms with Crippen molar-refractivity contribution in [1.29, 1.82) is 0 Å². The summed E-state index contributed by atoms with van der Waals surface area (Å²) in [5.41, 5.74) is 13.5. The molecule has 6 heteroatoms. The van der Waals surface area contributed by atoms with Gasteiger partial charge in [0.15, 0.2) is 0 Å². The molecule has 1 heterocycles. The fourth-order valence-corrected chi connectivity index (χ4v) is 3.30. The van der Waals surface area contributed by atoms with Crippen molar-refractivity contribution >= 4 is 39.6 Å². The van der Waals surface area contributed by atoms with Gasteiger partial charge < -0.3 is 16.8 Å². The summed E-state index contributed by atoms with van der Waals surface area (Å²) in [6.07, 6.45) is 6.31. The molecule has 146 valence electrons. The number of allylic oxidation sites excluding steroid dienone is 5. The number of aromatic nitrogens is 1. The van der Waals surface area contributed by atoms with Crippen LogP contribution in [0.15, 0.2) is 43.0 Å². The zero-order valence-corrected chi connectivity index (χ0v) is 16.4. The third-order valence-electron chi connectivity index (χ3n) is 4.57. The second-order valence-corrected chi connectivity index (χ2v) is 6.77. The van der Waals surface area contributed by atoms with Crippen molar-refractivity contribution in [2.75, 3.05) is 11.9 Å². The largest absolute Gasteiger partial charge is 0.370 e. The molecule has 5 N–H and O–H groups in total. The average molecular weight is 386 g/mol. The van der Waals surface area contributed by atoms with Crippen LogP contribution in [0.2, 0.25) is 0 Å². The molecular formula is C23H22N4O2. The number of pyridine rings is 1. The number of carbonyl (C=O) groups excluding carboxylic acids is 2. The first-order chi connectivity index (χ1) is 13.8. The number of nitrogens with two attached hydrogens (primary N) is 2. The number of anilines is 1. The van der Waals surface area contributed by atoms with Gasteiger partial charge in [-0.05, 0) is 30.0 Å². The van der Waals surface area contributed by atoms with E-state index in [1.54, 1.807) is 0 Å². The summed E-state index contributed by atoms with van der Waals surface area (Å²) in [5, 5.41) is 4.61. The molecule has 0 bridgehead atoms. The minimum atomic E-state index is -0.796. The predicted molar refractivity (Wildman–Crippen MR) is 117 cm³/mol. The van der Waals surface area contributed by atoms with Gasteiger partial charge in [0, 0.05) is 28.8 Å². The topological polar surface area (TPSA) is 111 Å². The molecule has 1 aliphatic carbocycles. The molecule has 1 atom stereocenters. The van der Waals surface area contributed by atoms with Crippen LogP contribution in [0.4, 0.5) is 5.82 Å². The van der Waals surface area contributed by atoms with E-state index in [-0.39, 0.29) is 16.8 Å². The fraction of sp³-hybridized carbons (Fsp3) is 0.174. The van der Waals surface area contributed by atoms with E-state index in [1.807, 2.05) is 25.1 Å². The molecule has 1 aromatic carbocycles. The summed E-state index contributed by atoms with van der Waals surface area (Å²) in [6, 6.07) is 5.83. The highest BCUT2D eigenvalue weighted by atomic mass is 16.1. The van der Waals surface area contributed by atoms with E-state index in [2.05, 4.69) is 53.9 Å². The number of primary amides is 2. The van der Waals surface area contributed by atoms with Crippen molar-refractivity contribution in [3.8, 4) is 11.8 Å². The molecule has 0 saturated carbocycles. The van der Waals surface area contributed by atoms with Crippen molar-refractivity contribution in [1.82, 2.24) is 4.98 Å². The van der Waals surface area contributed by atoms with E-state index < -0.39 is 11.8 Å². The SMILES string of the molecule is C=C(C#CC(N)=O)c1nc(NCC)c2ccc(C3=CC(C)C=C3)cc2c1C(N)=O. The third kappa shape index (κ3) is 4.04. The minimum absolute atomic E-state index is 0.192. The van der Waals surface area contributed by atoms with Crippen molar-refractivity contribution in [3.05, 3.63) is 59.8 Å². The number of carbonyl (C=O) groups is 2. The van der Waals surface area contributed by atoms with Gasteiger partial charge in [-0.25, -0.2) is 4.98 Å². The van der Waals surface area contributed by atoms with Gasteiger partial charge in [0.1, 0.15) is 5.82 Å².